The average molecular weight is 178 g/mol. The summed E-state index contributed by atoms with van der Waals surface area (Å²) in [4.78, 5) is 21.5. The molecule has 0 aliphatic rings. The molecule has 13 heavy (non-hydrogen) atoms. The van der Waals surface area contributed by atoms with E-state index in [1.165, 1.54) is 18.3 Å². The van der Waals surface area contributed by atoms with Crippen molar-refractivity contribution < 1.29 is 9.90 Å². The molecular formula is C8H6N2O3. The molecule has 0 aromatic carbocycles. The SMILES string of the molecule is N#Cc1cccn(CC(=O)O)c1=O. The van der Waals surface area contributed by atoms with E-state index < -0.39 is 18.1 Å². The molecule has 1 rings (SSSR count). The smallest absolute Gasteiger partial charge is 0.323 e. The standard InChI is InChI=1S/C8H6N2O3/c9-4-6-2-1-3-10(8(6)13)5-7(11)12/h1-3H,5H2,(H,11,12). The van der Waals surface area contributed by atoms with Crippen LogP contribution in [0.25, 0.3) is 0 Å². The van der Waals surface area contributed by atoms with E-state index in [4.69, 9.17) is 10.4 Å². The monoisotopic (exact) mass is 178 g/mol. The molecule has 0 aliphatic carbocycles. The van der Waals surface area contributed by atoms with Gasteiger partial charge < -0.3 is 9.67 Å². The van der Waals surface area contributed by atoms with Crippen molar-refractivity contribution in [3.05, 3.63) is 34.2 Å². The third kappa shape index (κ3) is 1.93. The van der Waals surface area contributed by atoms with Crippen LogP contribution in [0.15, 0.2) is 23.1 Å². The van der Waals surface area contributed by atoms with E-state index in [9.17, 15) is 9.59 Å². The number of pyridine rings is 1. The molecule has 0 atom stereocenters. The van der Waals surface area contributed by atoms with Crippen LogP contribution in [0.3, 0.4) is 0 Å². The van der Waals surface area contributed by atoms with Crippen LogP contribution in [0, 0.1) is 11.3 Å². The van der Waals surface area contributed by atoms with Gasteiger partial charge >= 0.3 is 5.97 Å². The molecule has 0 spiro atoms. The van der Waals surface area contributed by atoms with Crippen LogP contribution in [-0.2, 0) is 11.3 Å². The molecule has 5 heteroatoms. The lowest BCUT2D eigenvalue weighted by Crippen LogP contribution is -2.25. The number of aliphatic carboxylic acids is 1. The highest BCUT2D eigenvalue weighted by molar-refractivity contribution is 5.66. The van der Waals surface area contributed by atoms with Crippen molar-refractivity contribution in [1.82, 2.24) is 4.57 Å². The molecule has 1 heterocycles. The third-order valence-corrected chi connectivity index (χ3v) is 1.45. The van der Waals surface area contributed by atoms with Gasteiger partial charge in [0.1, 0.15) is 18.2 Å². The first-order valence-electron chi connectivity index (χ1n) is 3.46. The molecule has 66 valence electrons. The Morgan fingerprint density at radius 3 is 2.92 bits per heavy atom. The zero-order valence-corrected chi connectivity index (χ0v) is 6.60. The van der Waals surface area contributed by atoms with Crippen LogP contribution in [0.4, 0.5) is 0 Å². The van der Waals surface area contributed by atoms with Gasteiger partial charge in [0, 0.05) is 6.20 Å². The van der Waals surface area contributed by atoms with Crippen LogP contribution in [-0.4, -0.2) is 15.6 Å². The summed E-state index contributed by atoms with van der Waals surface area (Å²) in [5.74, 6) is -1.11. The van der Waals surface area contributed by atoms with Crippen LogP contribution >= 0.6 is 0 Å². The summed E-state index contributed by atoms with van der Waals surface area (Å²) in [7, 11) is 0. The van der Waals surface area contributed by atoms with E-state index in [0.717, 1.165) is 4.57 Å². The molecule has 0 radical (unpaired) electrons. The van der Waals surface area contributed by atoms with Gasteiger partial charge in [0.05, 0.1) is 0 Å². The lowest BCUT2D eigenvalue weighted by atomic mass is 10.3. The first-order valence-corrected chi connectivity index (χ1v) is 3.46. The first kappa shape index (κ1) is 9.00. The summed E-state index contributed by atoms with van der Waals surface area (Å²) >= 11 is 0. The summed E-state index contributed by atoms with van der Waals surface area (Å²) < 4.78 is 0.973. The maximum atomic E-state index is 11.2. The normalized spacial score (nSPS) is 9.15. The number of nitrogens with zero attached hydrogens (tertiary/aromatic N) is 2. The van der Waals surface area contributed by atoms with Gasteiger partial charge in [-0.15, -0.1) is 0 Å². The number of hydrogen-bond donors (Lipinski definition) is 1. The van der Waals surface area contributed by atoms with Crippen molar-refractivity contribution >= 4 is 5.97 Å². The minimum atomic E-state index is -1.11. The van der Waals surface area contributed by atoms with Crippen molar-refractivity contribution in [2.24, 2.45) is 0 Å². The van der Waals surface area contributed by atoms with Gasteiger partial charge in [-0.05, 0) is 12.1 Å². The molecule has 0 saturated heterocycles. The van der Waals surface area contributed by atoms with Crippen LogP contribution in [0.1, 0.15) is 5.56 Å². The Kier molecular flexibility index (Phi) is 2.45. The summed E-state index contributed by atoms with van der Waals surface area (Å²) in [6.45, 7) is -0.422. The zero-order chi connectivity index (χ0) is 9.84. The Balaban J connectivity index is 3.18. The minimum Gasteiger partial charge on any atom is -0.480 e. The topological polar surface area (TPSA) is 83.1 Å². The zero-order valence-electron chi connectivity index (χ0n) is 6.60. The van der Waals surface area contributed by atoms with Crippen LogP contribution in [0.5, 0.6) is 0 Å². The lowest BCUT2D eigenvalue weighted by Gasteiger charge is -2.00. The Hall–Kier alpha value is -2.09. The largest absolute Gasteiger partial charge is 0.480 e. The van der Waals surface area contributed by atoms with Gasteiger partial charge in [0.15, 0.2) is 0 Å². The van der Waals surface area contributed by atoms with E-state index in [1.54, 1.807) is 6.07 Å². The number of carbonyl (C=O) groups is 1. The van der Waals surface area contributed by atoms with Crippen molar-refractivity contribution in [2.75, 3.05) is 0 Å². The van der Waals surface area contributed by atoms with E-state index >= 15 is 0 Å². The maximum absolute atomic E-state index is 11.2. The molecule has 0 bridgehead atoms. The van der Waals surface area contributed by atoms with E-state index in [-0.39, 0.29) is 5.56 Å². The molecular weight excluding hydrogens is 172 g/mol. The molecule has 1 N–H and O–H groups in total. The molecule has 0 aliphatic heterocycles. The van der Waals surface area contributed by atoms with Crippen molar-refractivity contribution in [2.45, 2.75) is 6.54 Å². The number of carboxylic acids is 1. The average Bonchev–Trinajstić information content (AvgIpc) is 2.08. The summed E-state index contributed by atoms with van der Waals surface area (Å²) in [5.41, 5.74) is -0.629. The Morgan fingerprint density at radius 1 is 1.69 bits per heavy atom. The second kappa shape index (κ2) is 3.54. The Bertz CT molecular complexity index is 428. The fourth-order valence-corrected chi connectivity index (χ4v) is 0.892. The molecule has 0 saturated carbocycles. The number of rotatable bonds is 2. The fourth-order valence-electron chi connectivity index (χ4n) is 0.892. The summed E-state index contributed by atoms with van der Waals surface area (Å²) in [6.07, 6.45) is 1.33. The summed E-state index contributed by atoms with van der Waals surface area (Å²) in [6, 6.07) is 4.49. The maximum Gasteiger partial charge on any atom is 0.323 e. The van der Waals surface area contributed by atoms with Crippen LogP contribution in [0.2, 0.25) is 0 Å². The third-order valence-electron chi connectivity index (χ3n) is 1.45. The highest BCUT2D eigenvalue weighted by atomic mass is 16.4. The lowest BCUT2D eigenvalue weighted by molar-refractivity contribution is -0.137. The number of aromatic nitrogens is 1. The van der Waals surface area contributed by atoms with E-state index in [2.05, 4.69) is 0 Å². The molecule has 5 nitrogen and oxygen atoms in total. The van der Waals surface area contributed by atoms with E-state index in [0.29, 0.717) is 0 Å². The molecule has 0 amide bonds. The van der Waals surface area contributed by atoms with Crippen molar-refractivity contribution in [3.63, 3.8) is 0 Å². The van der Waals surface area contributed by atoms with E-state index in [1.807, 2.05) is 0 Å². The fraction of sp³-hybridized carbons (Fsp3) is 0.125. The minimum absolute atomic E-state index is 0.0521. The van der Waals surface area contributed by atoms with Crippen molar-refractivity contribution in [3.8, 4) is 6.07 Å². The van der Waals surface area contributed by atoms with Crippen molar-refractivity contribution in [1.29, 1.82) is 5.26 Å². The molecule has 1 aromatic heterocycles. The number of nitriles is 1. The molecule has 0 unspecified atom stereocenters. The molecule has 0 fully saturated rings. The van der Waals surface area contributed by atoms with Crippen LogP contribution < -0.4 is 5.56 Å². The Labute approximate surface area is 73.5 Å². The second-order valence-electron chi connectivity index (χ2n) is 2.36. The number of carboxylic acid groups (broad SMARTS) is 1. The first-order chi connectivity index (χ1) is 6.15. The predicted molar refractivity (Wildman–Crippen MR) is 43.1 cm³/mol. The Morgan fingerprint density at radius 2 is 2.38 bits per heavy atom. The van der Waals surface area contributed by atoms with Gasteiger partial charge in [-0.3, -0.25) is 9.59 Å². The van der Waals surface area contributed by atoms with Gasteiger partial charge in [0.2, 0.25) is 0 Å². The summed E-state index contributed by atoms with van der Waals surface area (Å²) in [5, 5.41) is 16.9. The van der Waals surface area contributed by atoms with Gasteiger partial charge in [-0.1, -0.05) is 0 Å². The van der Waals surface area contributed by atoms with Gasteiger partial charge in [0.25, 0.3) is 5.56 Å². The molecule has 1 aromatic rings. The number of hydrogen-bond acceptors (Lipinski definition) is 3. The van der Waals surface area contributed by atoms with Gasteiger partial charge in [-0.2, -0.15) is 5.26 Å². The quantitative estimate of drug-likeness (QED) is 0.680. The second-order valence-corrected chi connectivity index (χ2v) is 2.36. The predicted octanol–water partition coefficient (Wildman–Crippen LogP) is -0.195. The van der Waals surface area contributed by atoms with Gasteiger partial charge in [-0.25, -0.2) is 0 Å². The highest BCUT2D eigenvalue weighted by Crippen LogP contribution is 1.89. The highest BCUT2D eigenvalue weighted by Gasteiger charge is 2.04.